The Morgan fingerprint density at radius 2 is 2.32 bits per heavy atom. The van der Waals surface area contributed by atoms with E-state index < -0.39 is 0 Å². The Morgan fingerprint density at radius 3 is 3.00 bits per heavy atom. The molecule has 1 saturated heterocycles. The molecule has 5 nitrogen and oxygen atoms in total. The van der Waals surface area contributed by atoms with Gasteiger partial charge in [-0.25, -0.2) is 4.99 Å². The maximum absolute atomic E-state index is 5.92. The van der Waals surface area contributed by atoms with Crippen LogP contribution >= 0.6 is 0 Å². The molecule has 0 aromatic heterocycles. The van der Waals surface area contributed by atoms with Crippen LogP contribution in [-0.4, -0.2) is 31.3 Å². The van der Waals surface area contributed by atoms with Crippen molar-refractivity contribution in [1.29, 1.82) is 0 Å². The molecule has 1 aromatic carbocycles. The third-order valence-corrected chi connectivity index (χ3v) is 3.54. The van der Waals surface area contributed by atoms with E-state index in [1.165, 1.54) is 5.56 Å². The molecule has 0 saturated carbocycles. The summed E-state index contributed by atoms with van der Waals surface area (Å²) in [7, 11) is 0. The molecule has 0 amide bonds. The number of hydrogen-bond acceptors (Lipinski definition) is 3. The van der Waals surface area contributed by atoms with E-state index in [-0.39, 0.29) is 12.2 Å². The van der Waals surface area contributed by atoms with Gasteiger partial charge in [0, 0.05) is 18.7 Å². The zero-order valence-corrected chi connectivity index (χ0v) is 13.8. The van der Waals surface area contributed by atoms with E-state index in [1.54, 1.807) is 0 Å². The van der Waals surface area contributed by atoms with Gasteiger partial charge in [0.15, 0.2) is 5.96 Å². The first-order valence-electron chi connectivity index (χ1n) is 7.96. The van der Waals surface area contributed by atoms with E-state index in [1.807, 2.05) is 26.0 Å². The summed E-state index contributed by atoms with van der Waals surface area (Å²) in [5, 5.41) is 3.13. The van der Waals surface area contributed by atoms with Crippen LogP contribution in [0.25, 0.3) is 0 Å². The lowest BCUT2D eigenvalue weighted by Gasteiger charge is -2.15. The molecule has 0 aliphatic carbocycles. The number of rotatable bonds is 6. The molecule has 0 bridgehead atoms. The highest BCUT2D eigenvalue weighted by Crippen LogP contribution is 2.22. The molecule has 122 valence electrons. The van der Waals surface area contributed by atoms with Gasteiger partial charge in [-0.3, -0.25) is 0 Å². The normalized spacial score (nSPS) is 18.7. The van der Waals surface area contributed by atoms with Gasteiger partial charge in [-0.15, -0.1) is 0 Å². The van der Waals surface area contributed by atoms with Gasteiger partial charge in [0.1, 0.15) is 5.75 Å². The summed E-state index contributed by atoms with van der Waals surface area (Å²) < 4.78 is 11.4. The van der Waals surface area contributed by atoms with Crippen molar-refractivity contribution in [2.75, 3.05) is 13.2 Å². The Hall–Kier alpha value is -1.75. The Kier molecular flexibility index (Phi) is 6.07. The first kappa shape index (κ1) is 16.6. The third kappa shape index (κ3) is 5.22. The molecule has 0 radical (unpaired) electrons. The van der Waals surface area contributed by atoms with Gasteiger partial charge < -0.3 is 20.5 Å². The number of ether oxygens (including phenoxy) is 2. The highest BCUT2D eigenvalue weighted by atomic mass is 16.5. The molecule has 1 aliphatic rings. The minimum Gasteiger partial charge on any atom is -0.491 e. The summed E-state index contributed by atoms with van der Waals surface area (Å²) in [6.07, 6.45) is 2.61. The van der Waals surface area contributed by atoms with Crippen molar-refractivity contribution in [3.05, 3.63) is 29.3 Å². The summed E-state index contributed by atoms with van der Waals surface area (Å²) in [6.45, 7) is 8.17. The van der Waals surface area contributed by atoms with E-state index in [4.69, 9.17) is 15.2 Å². The van der Waals surface area contributed by atoms with Gasteiger partial charge in [0.05, 0.1) is 18.8 Å². The van der Waals surface area contributed by atoms with Gasteiger partial charge in [0.25, 0.3) is 0 Å². The Bertz CT molecular complexity index is 509. The van der Waals surface area contributed by atoms with Gasteiger partial charge in [-0.1, -0.05) is 12.1 Å². The second-order valence-electron chi connectivity index (χ2n) is 6.00. The average Bonchev–Trinajstić information content (AvgIpc) is 2.97. The van der Waals surface area contributed by atoms with Crippen LogP contribution in [0.5, 0.6) is 5.75 Å². The van der Waals surface area contributed by atoms with E-state index >= 15 is 0 Å². The summed E-state index contributed by atoms with van der Waals surface area (Å²) in [6, 6.07) is 6.15. The van der Waals surface area contributed by atoms with Gasteiger partial charge in [-0.2, -0.15) is 0 Å². The third-order valence-electron chi connectivity index (χ3n) is 3.54. The van der Waals surface area contributed by atoms with Crippen LogP contribution in [0.2, 0.25) is 0 Å². The highest BCUT2D eigenvalue weighted by molar-refractivity contribution is 5.77. The number of guanidine groups is 1. The fraction of sp³-hybridized carbons (Fsp3) is 0.588. The molecule has 1 unspecified atom stereocenters. The Morgan fingerprint density at radius 1 is 1.50 bits per heavy atom. The highest BCUT2D eigenvalue weighted by Gasteiger charge is 2.15. The average molecular weight is 305 g/mol. The van der Waals surface area contributed by atoms with Crippen LogP contribution in [0, 0.1) is 6.92 Å². The summed E-state index contributed by atoms with van der Waals surface area (Å²) in [4.78, 5) is 4.40. The quantitative estimate of drug-likeness (QED) is 0.625. The van der Waals surface area contributed by atoms with Crippen molar-refractivity contribution < 1.29 is 9.47 Å². The largest absolute Gasteiger partial charge is 0.491 e. The maximum Gasteiger partial charge on any atom is 0.189 e. The number of aliphatic imine (C=N–C) groups is 1. The first-order chi connectivity index (χ1) is 10.5. The fourth-order valence-corrected chi connectivity index (χ4v) is 2.41. The van der Waals surface area contributed by atoms with Crippen molar-refractivity contribution >= 4 is 5.96 Å². The molecule has 1 heterocycles. The molecule has 1 fully saturated rings. The van der Waals surface area contributed by atoms with Gasteiger partial charge in [-0.05, 0) is 45.2 Å². The lowest BCUT2D eigenvalue weighted by molar-refractivity contribution is 0.114. The minimum atomic E-state index is 0.138. The number of nitrogens with two attached hydrogens (primary N) is 1. The molecule has 22 heavy (non-hydrogen) atoms. The Balaban J connectivity index is 1.92. The molecule has 2 rings (SSSR count). The lowest BCUT2D eigenvalue weighted by atomic mass is 10.1. The number of benzene rings is 1. The molecule has 0 spiro atoms. The van der Waals surface area contributed by atoms with E-state index in [9.17, 15) is 0 Å². The second kappa shape index (κ2) is 8.03. The number of nitrogens with zero attached hydrogens (tertiary/aromatic N) is 1. The zero-order valence-electron chi connectivity index (χ0n) is 13.8. The molecule has 1 atom stereocenters. The standard InChI is InChI=1S/C17H27N3O2/c1-12(2)22-16-9-13(3)6-7-14(16)10-19-17(18)20-11-15-5-4-8-21-15/h6-7,9,12,15H,4-5,8,10-11H2,1-3H3,(H3,18,19,20). The van der Waals surface area contributed by atoms with E-state index in [0.29, 0.717) is 12.5 Å². The number of nitrogens with one attached hydrogen (secondary N) is 1. The monoisotopic (exact) mass is 305 g/mol. The predicted molar refractivity (Wildman–Crippen MR) is 89.2 cm³/mol. The minimum absolute atomic E-state index is 0.138. The van der Waals surface area contributed by atoms with Crippen LogP contribution < -0.4 is 15.8 Å². The van der Waals surface area contributed by atoms with Gasteiger partial charge in [0.2, 0.25) is 0 Å². The van der Waals surface area contributed by atoms with Crippen LogP contribution in [0.3, 0.4) is 0 Å². The summed E-state index contributed by atoms with van der Waals surface area (Å²) in [5.41, 5.74) is 8.14. The molecule has 1 aliphatic heterocycles. The maximum atomic E-state index is 5.92. The van der Waals surface area contributed by atoms with Crippen LogP contribution in [-0.2, 0) is 11.3 Å². The fourth-order valence-electron chi connectivity index (χ4n) is 2.41. The van der Waals surface area contributed by atoms with E-state index in [2.05, 4.69) is 23.3 Å². The summed E-state index contributed by atoms with van der Waals surface area (Å²) in [5.74, 6) is 1.33. The molecular weight excluding hydrogens is 278 g/mol. The molecule has 3 N–H and O–H groups in total. The smallest absolute Gasteiger partial charge is 0.189 e. The lowest BCUT2D eigenvalue weighted by Crippen LogP contribution is -2.37. The van der Waals surface area contributed by atoms with Crippen molar-refractivity contribution in [2.24, 2.45) is 10.7 Å². The van der Waals surface area contributed by atoms with Gasteiger partial charge >= 0.3 is 0 Å². The topological polar surface area (TPSA) is 68.9 Å². The molecule has 5 heteroatoms. The van der Waals surface area contributed by atoms with E-state index in [0.717, 1.165) is 37.3 Å². The predicted octanol–water partition coefficient (Wildman–Crippen LogP) is 2.37. The number of hydrogen-bond donors (Lipinski definition) is 2. The van der Waals surface area contributed by atoms with Crippen molar-refractivity contribution in [1.82, 2.24) is 5.32 Å². The first-order valence-corrected chi connectivity index (χ1v) is 7.96. The SMILES string of the molecule is Cc1ccc(CN=C(N)NCC2CCCO2)c(OC(C)C)c1. The Labute approximate surface area is 132 Å². The zero-order chi connectivity index (χ0) is 15.9. The molecular formula is C17H27N3O2. The van der Waals surface area contributed by atoms with Crippen LogP contribution in [0.1, 0.15) is 37.8 Å². The number of aryl methyl sites for hydroxylation is 1. The van der Waals surface area contributed by atoms with Crippen molar-refractivity contribution in [3.8, 4) is 5.75 Å². The van der Waals surface area contributed by atoms with Crippen LogP contribution in [0.4, 0.5) is 0 Å². The molecule has 1 aromatic rings. The van der Waals surface area contributed by atoms with Crippen molar-refractivity contribution in [3.63, 3.8) is 0 Å². The summed E-state index contributed by atoms with van der Waals surface area (Å²) >= 11 is 0. The van der Waals surface area contributed by atoms with Crippen molar-refractivity contribution in [2.45, 2.75) is 52.4 Å². The van der Waals surface area contributed by atoms with Crippen LogP contribution in [0.15, 0.2) is 23.2 Å². The second-order valence-corrected chi connectivity index (χ2v) is 6.00.